The van der Waals surface area contributed by atoms with Crippen LogP contribution in [-0.4, -0.2) is 68.2 Å². The number of nitrogens with zero attached hydrogens (tertiary/aromatic N) is 2. The highest BCUT2D eigenvalue weighted by molar-refractivity contribution is 7.89. The van der Waals surface area contributed by atoms with Gasteiger partial charge in [0.1, 0.15) is 0 Å². The second kappa shape index (κ2) is 6.52. The molecule has 0 aromatic heterocycles. The Morgan fingerprint density at radius 2 is 1.84 bits per heavy atom. The molecule has 0 radical (unpaired) electrons. The lowest BCUT2D eigenvalue weighted by molar-refractivity contribution is 0.188. The van der Waals surface area contributed by atoms with E-state index in [1.54, 1.807) is 4.31 Å². The molecule has 1 heterocycles. The molecule has 2 rings (SSSR count). The number of piperazine rings is 1. The summed E-state index contributed by atoms with van der Waals surface area (Å²) in [7, 11) is -3.12. The van der Waals surface area contributed by atoms with Gasteiger partial charge in [0.25, 0.3) is 0 Å². The fourth-order valence-corrected chi connectivity index (χ4v) is 3.99. The molecule has 1 saturated carbocycles. The Kier molecular flexibility index (Phi) is 5.22. The maximum Gasteiger partial charge on any atom is 0.218 e. The van der Waals surface area contributed by atoms with Gasteiger partial charge < -0.3 is 10.2 Å². The Labute approximate surface area is 117 Å². The zero-order chi connectivity index (χ0) is 13.9. The van der Waals surface area contributed by atoms with Crippen molar-refractivity contribution in [3.63, 3.8) is 0 Å². The first-order chi connectivity index (χ1) is 9.04. The summed E-state index contributed by atoms with van der Waals surface area (Å²) >= 11 is 0. The van der Waals surface area contributed by atoms with E-state index >= 15 is 0 Å². The van der Waals surface area contributed by atoms with Crippen LogP contribution in [0.15, 0.2) is 0 Å². The van der Waals surface area contributed by atoms with Crippen molar-refractivity contribution >= 4 is 10.0 Å². The largest absolute Gasteiger partial charge is 0.313 e. The Morgan fingerprint density at radius 1 is 1.21 bits per heavy atom. The van der Waals surface area contributed by atoms with Crippen molar-refractivity contribution in [3.05, 3.63) is 0 Å². The van der Waals surface area contributed by atoms with Crippen molar-refractivity contribution in [2.75, 3.05) is 39.3 Å². The topological polar surface area (TPSA) is 52.7 Å². The lowest BCUT2D eigenvalue weighted by atomic mass is 10.3. The molecule has 2 aliphatic rings. The Hall–Kier alpha value is -0.170. The van der Waals surface area contributed by atoms with Gasteiger partial charge in [-0.3, -0.25) is 0 Å². The van der Waals surface area contributed by atoms with Gasteiger partial charge in [-0.05, 0) is 32.7 Å². The maximum atomic E-state index is 12.5. The van der Waals surface area contributed by atoms with Crippen molar-refractivity contribution in [2.24, 2.45) is 0 Å². The van der Waals surface area contributed by atoms with E-state index in [0.717, 1.165) is 26.1 Å². The zero-order valence-electron chi connectivity index (χ0n) is 12.1. The molecule has 5 nitrogen and oxygen atoms in total. The third-order valence-corrected chi connectivity index (χ3v) is 6.28. The predicted molar refractivity (Wildman–Crippen MR) is 77.7 cm³/mol. The van der Waals surface area contributed by atoms with Crippen LogP contribution in [-0.2, 0) is 10.0 Å². The summed E-state index contributed by atoms with van der Waals surface area (Å²) in [6.07, 6.45) is 3.53. The molecule has 1 aliphatic carbocycles. The van der Waals surface area contributed by atoms with Gasteiger partial charge in [0.2, 0.25) is 10.0 Å². The number of nitrogens with one attached hydrogen (secondary N) is 1. The normalized spacial score (nSPS) is 24.5. The van der Waals surface area contributed by atoms with E-state index in [1.165, 1.54) is 12.8 Å². The second-order valence-electron chi connectivity index (χ2n) is 5.78. The third kappa shape index (κ3) is 4.15. The molecule has 0 bridgehead atoms. The molecule has 1 atom stereocenters. The molecule has 2 fully saturated rings. The monoisotopic (exact) mass is 289 g/mol. The van der Waals surface area contributed by atoms with Crippen molar-refractivity contribution in [2.45, 2.75) is 44.4 Å². The second-order valence-corrected chi connectivity index (χ2v) is 8.13. The molecule has 0 spiro atoms. The molecular weight excluding hydrogens is 262 g/mol. The molecule has 112 valence electrons. The maximum absolute atomic E-state index is 12.5. The molecule has 19 heavy (non-hydrogen) atoms. The minimum absolute atomic E-state index is 0.314. The van der Waals surface area contributed by atoms with E-state index in [2.05, 4.69) is 17.1 Å². The average molecular weight is 289 g/mol. The van der Waals surface area contributed by atoms with E-state index < -0.39 is 10.0 Å². The van der Waals surface area contributed by atoms with Crippen LogP contribution in [0.25, 0.3) is 0 Å². The quantitative estimate of drug-likeness (QED) is 0.741. The summed E-state index contributed by atoms with van der Waals surface area (Å²) in [5.41, 5.74) is 0. The molecule has 0 aromatic rings. The van der Waals surface area contributed by atoms with Crippen LogP contribution in [0, 0.1) is 0 Å². The average Bonchev–Trinajstić information content (AvgIpc) is 3.21. The Balaban J connectivity index is 1.81. The SMILES string of the molecule is CCCN1CCN(S(=O)(=O)C(C)CNC2CC2)CC1. The highest BCUT2D eigenvalue weighted by Crippen LogP contribution is 2.19. The standard InChI is InChI=1S/C13H27N3O2S/c1-3-6-15-7-9-16(10-8-15)19(17,18)12(2)11-14-13-4-5-13/h12-14H,3-11H2,1-2H3. The molecule has 6 heteroatoms. The lowest BCUT2D eigenvalue weighted by Gasteiger charge is -2.35. The molecule has 0 aromatic carbocycles. The van der Waals surface area contributed by atoms with E-state index in [4.69, 9.17) is 0 Å². The van der Waals surface area contributed by atoms with E-state index in [0.29, 0.717) is 25.7 Å². The van der Waals surface area contributed by atoms with Crippen LogP contribution in [0.2, 0.25) is 0 Å². The van der Waals surface area contributed by atoms with Gasteiger partial charge in [0.05, 0.1) is 5.25 Å². The fourth-order valence-electron chi connectivity index (χ4n) is 2.50. The fraction of sp³-hybridized carbons (Fsp3) is 1.00. The minimum Gasteiger partial charge on any atom is -0.313 e. The third-order valence-electron chi connectivity index (χ3n) is 4.01. The van der Waals surface area contributed by atoms with Crippen molar-refractivity contribution in [1.82, 2.24) is 14.5 Å². The number of hydrogen-bond donors (Lipinski definition) is 1. The van der Waals surface area contributed by atoms with Gasteiger partial charge in [-0.15, -0.1) is 0 Å². The highest BCUT2D eigenvalue weighted by Gasteiger charge is 2.32. The van der Waals surface area contributed by atoms with Crippen molar-refractivity contribution in [1.29, 1.82) is 0 Å². The molecule has 0 amide bonds. The number of rotatable bonds is 7. The van der Waals surface area contributed by atoms with Gasteiger partial charge in [-0.25, -0.2) is 8.42 Å². The summed E-state index contributed by atoms with van der Waals surface area (Å²) in [5, 5.41) is 3.00. The van der Waals surface area contributed by atoms with Crippen LogP contribution < -0.4 is 5.32 Å². The van der Waals surface area contributed by atoms with Gasteiger partial charge in [-0.1, -0.05) is 6.92 Å². The smallest absolute Gasteiger partial charge is 0.218 e. The summed E-state index contributed by atoms with van der Waals surface area (Å²) in [6, 6.07) is 0.569. The number of hydrogen-bond acceptors (Lipinski definition) is 4. The van der Waals surface area contributed by atoms with E-state index in [9.17, 15) is 8.42 Å². The van der Waals surface area contributed by atoms with Crippen molar-refractivity contribution < 1.29 is 8.42 Å². The molecule has 1 N–H and O–H groups in total. The Morgan fingerprint density at radius 3 is 2.37 bits per heavy atom. The minimum atomic E-state index is -3.12. The first-order valence-corrected chi connectivity index (χ1v) is 8.99. The van der Waals surface area contributed by atoms with Gasteiger partial charge in [0, 0.05) is 38.8 Å². The zero-order valence-corrected chi connectivity index (χ0v) is 13.0. The molecule has 1 saturated heterocycles. The van der Waals surface area contributed by atoms with Crippen LogP contribution in [0.1, 0.15) is 33.1 Å². The van der Waals surface area contributed by atoms with Gasteiger partial charge in [-0.2, -0.15) is 4.31 Å². The molecular formula is C13H27N3O2S. The Bertz CT molecular complexity index is 373. The summed E-state index contributed by atoms with van der Waals surface area (Å²) in [6.45, 7) is 8.69. The summed E-state index contributed by atoms with van der Waals surface area (Å²) < 4.78 is 26.6. The van der Waals surface area contributed by atoms with E-state index in [-0.39, 0.29) is 5.25 Å². The van der Waals surface area contributed by atoms with Gasteiger partial charge in [0.15, 0.2) is 0 Å². The lowest BCUT2D eigenvalue weighted by Crippen LogP contribution is -2.52. The van der Waals surface area contributed by atoms with Crippen LogP contribution in [0.5, 0.6) is 0 Å². The van der Waals surface area contributed by atoms with Crippen molar-refractivity contribution in [3.8, 4) is 0 Å². The van der Waals surface area contributed by atoms with Gasteiger partial charge >= 0.3 is 0 Å². The first-order valence-electron chi connectivity index (χ1n) is 7.48. The number of sulfonamides is 1. The van der Waals surface area contributed by atoms with Crippen LogP contribution in [0.3, 0.4) is 0 Å². The first kappa shape index (κ1) is 15.2. The summed E-state index contributed by atoms with van der Waals surface area (Å²) in [4.78, 5) is 2.35. The molecule has 1 unspecified atom stereocenters. The summed E-state index contributed by atoms with van der Waals surface area (Å²) in [5.74, 6) is 0. The molecule has 1 aliphatic heterocycles. The highest BCUT2D eigenvalue weighted by atomic mass is 32.2. The van der Waals surface area contributed by atoms with Crippen LogP contribution >= 0.6 is 0 Å². The van der Waals surface area contributed by atoms with E-state index in [1.807, 2.05) is 6.92 Å². The van der Waals surface area contributed by atoms with Crippen LogP contribution in [0.4, 0.5) is 0 Å². The predicted octanol–water partition coefficient (Wildman–Crippen LogP) is 0.484.